The van der Waals surface area contributed by atoms with Crippen LogP contribution in [-0.4, -0.2) is 27.6 Å². The van der Waals surface area contributed by atoms with Gasteiger partial charge in [0.1, 0.15) is 0 Å². The Morgan fingerprint density at radius 2 is 1.85 bits per heavy atom. The Bertz CT molecular complexity index is 655. The van der Waals surface area contributed by atoms with Gasteiger partial charge in [0, 0.05) is 29.5 Å². The Labute approximate surface area is 173 Å². The standard InChI is InChI=1S/C11H8ClN3OS.C7H16.C2H6O/c12-8-3-2-7(6-9(8)17)10(16)15-11-13-4-1-5-14-11;1-4-5-6-7(2)3;1-2-3/h1-6,17H,(H,13,14,15,16);7H,4-6H2,1-3H3;3H,2H2,1H3. The summed E-state index contributed by atoms with van der Waals surface area (Å²) in [6.45, 7) is 8.72. The average molecular weight is 412 g/mol. The van der Waals surface area contributed by atoms with Crippen LogP contribution in [0.15, 0.2) is 41.6 Å². The topological polar surface area (TPSA) is 75.1 Å². The fourth-order valence-electron chi connectivity index (χ4n) is 1.80. The number of halogens is 1. The lowest BCUT2D eigenvalue weighted by Gasteiger charge is -2.04. The predicted molar refractivity (Wildman–Crippen MR) is 116 cm³/mol. The van der Waals surface area contributed by atoms with Crippen LogP contribution >= 0.6 is 24.2 Å². The van der Waals surface area contributed by atoms with E-state index in [4.69, 9.17) is 16.7 Å². The van der Waals surface area contributed by atoms with Gasteiger partial charge in [-0.25, -0.2) is 9.97 Å². The predicted octanol–water partition coefficient (Wildman–Crippen LogP) is 5.50. The minimum atomic E-state index is -0.303. The number of aliphatic hydroxyl groups excluding tert-OH is 1. The highest BCUT2D eigenvalue weighted by atomic mass is 35.5. The Morgan fingerprint density at radius 1 is 1.26 bits per heavy atom. The number of thiol groups is 1. The zero-order chi connectivity index (χ0) is 20.7. The van der Waals surface area contributed by atoms with Gasteiger partial charge in [0.15, 0.2) is 0 Å². The summed E-state index contributed by atoms with van der Waals surface area (Å²) >= 11 is 9.96. The van der Waals surface area contributed by atoms with Crippen molar-refractivity contribution in [1.29, 1.82) is 0 Å². The molecule has 2 rings (SSSR count). The number of amides is 1. The van der Waals surface area contributed by atoms with Gasteiger partial charge in [-0.3, -0.25) is 10.1 Å². The van der Waals surface area contributed by atoms with Crippen molar-refractivity contribution < 1.29 is 9.90 Å². The molecule has 2 aromatic rings. The van der Waals surface area contributed by atoms with Crippen molar-refractivity contribution in [3.8, 4) is 0 Å². The van der Waals surface area contributed by atoms with Crippen molar-refractivity contribution in [2.75, 3.05) is 11.9 Å². The number of aromatic nitrogens is 2. The van der Waals surface area contributed by atoms with Gasteiger partial charge in [-0.1, -0.05) is 51.6 Å². The second-order valence-corrected chi connectivity index (χ2v) is 6.93. The van der Waals surface area contributed by atoms with Gasteiger partial charge in [0.2, 0.25) is 5.95 Å². The van der Waals surface area contributed by atoms with Gasteiger partial charge in [-0.15, -0.1) is 12.6 Å². The molecule has 1 amide bonds. The van der Waals surface area contributed by atoms with Gasteiger partial charge in [-0.05, 0) is 37.1 Å². The number of hydrogen-bond acceptors (Lipinski definition) is 5. The molecule has 150 valence electrons. The third kappa shape index (κ3) is 12.4. The normalized spacial score (nSPS) is 9.63. The van der Waals surface area contributed by atoms with E-state index in [-0.39, 0.29) is 18.5 Å². The van der Waals surface area contributed by atoms with Gasteiger partial charge >= 0.3 is 0 Å². The lowest BCUT2D eigenvalue weighted by atomic mass is 10.1. The van der Waals surface area contributed by atoms with Crippen molar-refractivity contribution in [3.63, 3.8) is 0 Å². The molecule has 1 aromatic heterocycles. The number of nitrogens with zero attached hydrogens (tertiary/aromatic N) is 2. The molecule has 0 radical (unpaired) electrons. The van der Waals surface area contributed by atoms with Gasteiger partial charge in [-0.2, -0.15) is 0 Å². The molecule has 0 aliphatic rings. The first-order valence-corrected chi connectivity index (χ1v) is 9.85. The third-order valence-electron chi connectivity index (χ3n) is 3.13. The number of carbonyl (C=O) groups excluding carboxylic acids is 1. The Kier molecular flexibility index (Phi) is 14.5. The van der Waals surface area contributed by atoms with Crippen LogP contribution in [0.2, 0.25) is 5.02 Å². The highest BCUT2D eigenvalue weighted by molar-refractivity contribution is 7.80. The molecule has 0 spiro atoms. The summed E-state index contributed by atoms with van der Waals surface area (Å²) in [5.41, 5.74) is 0.451. The summed E-state index contributed by atoms with van der Waals surface area (Å²) in [4.78, 5) is 20.2. The van der Waals surface area contributed by atoms with E-state index in [0.29, 0.717) is 15.5 Å². The quantitative estimate of drug-likeness (QED) is 0.567. The number of anilines is 1. The SMILES string of the molecule is CCCCC(C)C.CCO.O=C(Nc1ncccn1)c1ccc(Cl)c(S)c1. The molecule has 1 heterocycles. The molecule has 0 atom stereocenters. The Balaban J connectivity index is 0.000000568. The maximum Gasteiger partial charge on any atom is 0.258 e. The van der Waals surface area contributed by atoms with Gasteiger partial charge in [0.05, 0.1) is 5.02 Å². The fraction of sp³-hybridized carbons (Fsp3) is 0.450. The molecule has 0 saturated carbocycles. The third-order valence-corrected chi connectivity index (χ3v) is 3.97. The largest absolute Gasteiger partial charge is 0.397 e. The molecule has 27 heavy (non-hydrogen) atoms. The highest BCUT2D eigenvalue weighted by Gasteiger charge is 2.08. The van der Waals surface area contributed by atoms with Gasteiger partial charge in [0.25, 0.3) is 5.91 Å². The second kappa shape index (κ2) is 15.4. The zero-order valence-electron chi connectivity index (χ0n) is 16.4. The summed E-state index contributed by atoms with van der Waals surface area (Å²) in [5.74, 6) is 0.858. The molecule has 5 nitrogen and oxygen atoms in total. The van der Waals surface area contributed by atoms with E-state index in [1.165, 1.54) is 19.3 Å². The number of rotatable bonds is 5. The number of hydrogen-bond donors (Lipinski definition) is 3. The van der Waals surface area contributed by atoms with Crippen molar-refractivity contribution in [2.45, 2.75) is 51.9 Å². The molecule has 0 unspecified atom stereocenters. The Morgan fingerprint density at radius 3 is 2.30 bits per heavy atom. The van der Waals surface area contributed by atoms with Crippen LogP contribution in [0.1, 0.15) is 57.3 Å². The first-order chi connectivity index (χ1) is 12.8. The lowest BCUT2D eigenvalue weighted by Crippen LogP contribution is -2.13. The van der Waals surface area contributed by atoms with Gasteiger partial charge < -0.3 is 5.11 Å². The smallest absolute Gasteiger partial charge is 0.258 e. The summed E-state index contributed by atoms with van der Waals surface area (Å²) < 4.78 is 0. The van der Waals surface area contributed by atoms with Crippen molar-refractivity contribution >= 4 is 36.1 Å². The molecule has 0 aliphatic heterocycles. The van der Waals surface area contributed by atoms with Crippen molar-refractivity contribution in [3.05, 3.63) is 47.2 Å². The van der Waals surface area contributed by atoms with E-state index in [2.05, 4.69) is 48.7 Å². The van der Waals surface area contributed by atoms with Crippen molar-refractivity contribution in [2.24, 2.45) is 5.92 Å². The minimum Gasteiger partial charge on any atom is -0.397 e. The molecule has 7 heteroatoms. The summed E-state index contributed by atoms with van der Waals surface area (Å²) in [6.07, 6.45) is 7.25. The molecular formula is C20H30ClN3O2S. The lowest BCUT2D eigenvalue weighted by molar-refractivity contribution is 0.102. The number of benzene rings is 1. The molecule has 0 aliphatic carbocycles. The zero-order valence-corrected chi connectivity index (χ0v) is 18.1. The van der Waals surface area contributed by atoms with E-state index in [1.807, 2.05) is 0 Å². The number of nitrogens with one attached hydrogen (secondary N) is 1. The second-order valence-electron chi connectivity index (χ2n) is 6.05. The molecule has 0 saturated heterocycles. The van der Waals surface area contributed by atoms with E-state index in [0.717, 1.165) is 5.92 Å². The van der Waals surface area contributed by atoms with Crippen LogP contribution in [-0.2, 0) is 0 Å². The molecule has 0 fully saturated rings. The van der Waals surface area contributed by atoms with Crippen LogP contribution in [0.25, 0.3) is 0 Å². The van der Waals surface area contributed by atoms with Crippen LogP contribution in [0.5, 0.6) is 0 Å². The summed E-state index contributed by atoms with van der Waals surface area (Å²) in [6, 6.07) is 6.48. The molecule has 2 N–H and O–H groups in total. The maximum absolute atomic E-state index is 11.8. The first-order valence-electron chi connectivity index (χ1n) is 9.03. The van der Waals surface area contributed by atoms with Crippen LogP contribution in [0, 0.1) is 5.92 Å². The van der Waals surface area contributed by atoms with E-state index in [9.17, 15) is 4.79 Å². The number of aliphatic hydroxyl groups is 1. The van der Waals surface area contributed by atoms with Crippen LogP contribution in [0.4, 0.5) is 5.95 Å². The fourth-order valence-corrected chi connectivity index (χ4v) is 2.13. The van der Waals surface area contributed by atoms with Crippen molar-refractivity contribution in [1.82, 2.24) is 9.97 Å². The first kappa shape index (κ1) is 25.4. The monoisotopic (exact) mass is 411 g/mol. The van der Waals surface area contributed by atoms with E-state index >= 15 is 0 Å². The average Bonchev–Trinajstić information content (AvgIpc) is 2.64. The van der Waals surface area contributed by atoms with Crippen LogP contribution < -0.4 is 5.32 Å². The number of carbonyl (C=O) groups is 1. The van der Waals surface area contributed by atoms with Crippen LogP contribution in [0.3, 0.4) is 0 Å². The van der Waals surface area contributed by atoms with E-state index in [1.54, 1.807) is 43.6 Å². The van der Waals surface area contributed by atoms with E-state index < -0.39 is 0 Å². The highest BCUT2D eigenvalue weighted by Crippen LogP contribution is 2.21. The Hall–Kier alpha value is -1.63. The number of unbranched alkanes of at least 4 members (excludes halogenated alkanes) is 1. The maximum atomic E-state index is 11.8. The molecular weight excluding hydrogens is 382 g/mol. The summed E-state index contributed by atoms with van der Waals surface area (Å²) in [5, 5.41) is 10.6. The molecule has 1 aromatic carbocycles. The minimum absolute atomic E-state index is 0.250. The molecule has 0 bridgehead atoms. The summed E-state index contributed by atoms with van der Waals surface area (Å²) in [7, 11) is 0.